The van der Waals surface area contributed by atoms with Crippen LogP contribution in [-0.2, 0) is 6.42 Å². The average Bonchev–Trinajstić information content (AvgIpc) is 3.13. The molecule has 3 aromatic rings. The van der Waals surface area contributed by atoms with E-state index in [-0.39, 0.29) is 21.3 Å². The van der Waals surface area contributed by atoms with Crippen molar-refractivity contribution in [2.24, 2.45) is 5.41 Å². The van der Waals surface area contributed by atoms with Gasteiger partial charge < -0.3 is 0 Å². The summed E-state index contributed by atoms with van der Waals surface area (Å²) in [5.74, 6) is 0. The highest BCUT2D eigenvalue weighted by Crippen LogP contribution is 2.60. The van der Waals surface area contributed by atoms with Crippen molar-refractivity contribution in [3.05, 3.63) is 65.7 Å². The summed E-state index contributed by atoms with van der Waals surface area (Å²) in [6, 6.07) is 20.3. The molecular weight excluding hydrogens is 614 g/mol. The summed E-state index contributed by atoms with van der Waals surface area (Å²) in [5.41, 5.74) is 10.5. The van der Waals surface area contributed by atoms with Crippen molar-refractivity contribution in [2.45, 2.75) is 171 Å². The smallest absolute Gasteiger partial charge is 0.00156 e. The Balaban J connectivity index is 1.40. The Labute approximate surface area is 295 Å². The Morgan fingerprint density at radius 3 is 1.48 bits per heavy atom. The van der Waals surface area contributed by atoms with Crippen molar-refractivity contribution < 1.29 is 0 Å². The maximum Gasteiger partial charge on any atom is -0.00156 e. The molecule has 5 aliphatic rings. The van der Waals surface area contributed by atoms with Gasteiger partial charge in [-0.1, -0.05) is 167 Å². The molecule has 0 heterocycles. The van der Waals surface area contributed by atoms with Crippen LogP contribution in [0.2, 0.25) is 0 Å². The highest BCUT2D eigenvalue weighted by Gasteiger charge is 2.39. The molecule has 0 amide bonds. The van der Waals surface area contributed by atoms with Crippen LogP contribution < -0.4 is 10.6 Å². The molecule has 0 unspecified atom stereocenters. The molecular formula is C46H62P2. The predicted octanol–water partition coefficient (Wildman–Crippen LogP) is 13.6. The van der Waals surface area contributed by atoms with Gasteiger partial charge in [0, 0.05) is 0 Å². The maximum absolute atomic E-state index is 2.76. The van der Waals surface area contributed by atoms with Crippen molar-refractivity contribution in [1.82, 2.24) is 0 Å². The molecule has 0 atom stereocenters. The highest BCUT2D eigenvalue weighted by atomic mass is 31.1. The number of allylic oxidation sites excluding steroid dienone is 1. The summed E-state index contributed by atoms with van der Waals surface area (Å²) in [4.78, 5) is 0. The lowest BCUT2D eigenvalue weighted by Crippen LogP contribution is -2.31. The second kappa shape index (κ2) is 15.0. The minimum atomic E-state index is -0.219. The Morgan fingerprint density at radius 2 is 0.958 bits per heavy atom. The highest BCUT2D eigenvalue weighted by molar-refractivity contribution is 7.68. The van der Waals surface area contributed by atoms with Crippen LogP contribution in [0, 0.1) is 5.41 Å². The second-order valence-corrected chi connectivity index (χ2v) is 22.7. The Hall–Kier alpha value is -1.48. The van der Waals surface area contributed by atoms with Gasteiger partial charge in [-0.2, -0.15) is 0 Å². The lowest BCUT2D eigenvalue weighted by Gasteiger charge is -2.42. The third kappa shape index (κ3) is 6.90. The summed E-state index contributed by atoms with van der Waals surface area (Å²) in [7, 11) is -0.438. The van der Waals surface area contributed by atoms with Gasteiger partial charge in [0.2, 0.25) is 0 Å². The number of benzene rings is 3. The molecule has 0 bridgehead atoms. The van der Waals surface area contributed by atoms with E-state index in [0.29, 0.717) is 0 Å². The lowest BCUT2D eigenvalue weighted by molar-refractivity contribution is 0.475. The molecule has 0 spiro atoms. The molecule has 0 nitrogen and oxygen atoms in total. The average molecular weight is 677 g/mol. The molecule has 4 fully saturated rings. The van der Waals surface area contributed by atoms with Crippen molar-refractivity contribution >= 4 is 43.3 Å². The quantitative estimate of drug-likeness (QED) is 0.219. The van der Waals surface area contributed by atoms with E-state index in [9.17, 15) is 0 Å². The first-order valence-electron chi connectivity index (χ1n) is 20.5. The van der Waals surface area contributed by atoms with E-state index in [0.717, 1.165) is 29.1 Å². The Kier molecular flexibility index (Phi) is 10.5. The molecule has 0 radical (unpaired) electrons. The van der Waals surface area contributed by atoms with Crippen LogP contribution >= 0.6 is 15.8 Å². The molecule has 0 N–H and O–H groups in total. The summed E-state index contributed by atoms with van der Waals surface area (Å²) in [5, 5.41) is 6.66. The molecule has 8 rings (SSSR count). The van der Waals surface area contributed by atoms with Crippen LogP contribution in [-0.4, -0.2) is 22.6 Å². The summed E-state index contributed by atoms with van der Waals surface area (Å²) >= 11 is 0. The van der Waals surface area contributed by atoms with E-state index in [1.54, 1.807) is 27.6 Å². The van der Waals surface area contributed by atoms with Crippen LogP contribution in [0.1, 0.15) is 153 Å². The van der Waals surface area contributed by atoms with Gasteiger partial charge in [0.15, 0.2) is 0 Å². The molecule has 2 heteroatoms. The van der Waals surface area contributed by atoms with Gasteiger partial charge in [0.25, 0.3) is 0 Å². The molecule has 0 aromatic heterocycles. The Bertz CT molecular complexity index is 1540. The van der Waals surface area contributed by atoms with Gasteiger partial charge in [-0.05, 0) is 129 Å². The first-order chi connectivity index (χ1) is 23.6. The molecule has 48 heavy (non-hydrogen) atoms. The molecule has 0 saturated heterocycles. The first kappa shape index (κ1) is 33.7. The molecule has 4 saturated carbocycles. The topological polar surface area (TPSA) is 0 Å². The van der Waals surface area contributed by atoms with Gasteiger partial charge in [-0.25, -0.2) is 0 Å². The van der Waals surface area contributed by atoms with E-state index in [4.69, 9.17) is 0 Å². The minimum absolute atomic E-state index is 0.218. The normalized spacial score (nSPS) is 23.2. The molecule has 5 aliphatic carbocycles. The number of hydrogen-bond donors (Lipinski definition) is 0. The van der Waals surface area contributed by atoms with Gasteiger partial charge in [0.1, 0.15) is 0 Å². The maximum atomic E-state index is 2.76. The lowest BCUT2D eigenvalue weighted by atomic mass is 9.77. The molecule has 3 aromatic carbocycles. The number of hydrogen-bond acceptors (Lipinski definition) is 0. The van der Waals surface area contributed by atoms with Crippen molar-refractivity contribution in [3.8, 4) is 11.1 Å². The summed E-state index contributed by atoms with van der Waals surface area (Å²) in [6.07, 6.45) is 35.6. The van der Waals surface area contributed by atoms with Crippen molar-refractivity contribution in [1.29, 1.82) is 0 Å². The monoisotopic (exact) mass is 676 g/mol. The van der Waals surface area contributed by atoms with E-state index < -0.39 is 0 Å². The van der Waals surface area contributed by atoms with Gasteiger partial charge in [-0.15, -0.1) is 0 Å². The molecule has 256 valence electrons. The van der Waals surface area contributed by atoms with E-state index >= 15 is 0 Å². The van der Waals surface area contributed by atoms with E-state index in [1.165, 1.54) is 134 Å². The fourth-order valence-electron chi connectivity index (χ4n) is 10.9. The third-order valence-corrected chi connectivity index (χ3v) is 20.3. The summed E-state index contributed by atoms with van der Waals surface area (Å²) in [6.45, 7) is 4.90. The second-order valence-electron chi connectivity index (χ2n) is 17.2. The van der Waals surface area contributed by atoms with Gasteiger partial charge in [0.05, 0.1) is 0 Å². The van der Waals surface area contributed by atoms with Crippen LogP contribution in [0.4, 0.5) is 0 Å². The third-order valence-electron chi connectivity index (χ3n) is 13.2. The van der Waals surface area contributed by atoms with Crippen LogP contribution in [0.5, 0.6) is 0 Å². The predicted molar refractivity (Wildman–Crippen MR) is 217 cm³/mol. The fraction of sp³-hybridized carbons (Fsp3) is 0.609. The SMILES string of the molecule is CC1(C)C=Cc2c(ccc(P(C3CCCCC3)C3CCCCC3)c2-c2c(P(C3CCCCC3)C3CCCCC3)ccc3ccccc23)C1. The van der Waals surface area contributed by atoms with Crippen molar-refractivity contribution in [3.63, 3.8) is 0 Å². The van der Waals surface area contributed by atoms with Crippen LogP contribution in [0.25, 0.3) is 28.0 Å². The zero-order valence-electron chi connectivity index (χ0n) is 30.3. The number of fused-ring (bicyclic) bond motifs is 2. The minimum Gasteiger partial charge on any atom is -0.0779 e. The first-order valence-corrected chi connectivity index (χ1v) is 23.5. The number of rotatable bonds is 7. The fourth-order valence-corrected chi connectivity index (χ4v) is 18.8. The molecule has 0 aliphatic heterocycles. The van der Waals surface area contributed by atoms with Crippen LogP contribution in [0.15, 0.2) is 54.6 Å². The zero-order valence-corrected chi connectivity index (χ0v) is 32.1. The van der Waals surface area contributed by atoms with Gasteiger partial charge in [-0.3, -0.25) is 0 Å². The van der Waals surface area contributed by atoms with E-state index in [2.05, 4.69) is 74.5 Å². The van der Waals surface area contributed by atoms with Crippen molar-refractivity contribution in [2.75, 3.05) is 0 Å². The van der Waals surface area contributed by atoms with Gasteiger partial charge >= 0.3 is 0 Å². The largest absolute Gasteiger partial charge is 0.0779 e. The zero-order chi connectivity index (χ0) is 32.5. The van der Waals surface area contributed by atoms with E-state index in [1.807, 2.05) is 10.6 Å². The Morgan fingerprint density at radius 1 is 0.500 bits per heavy atom. The van der Waals surface area contributed by atoms with Crippen LogP contribution in [0.3, 0.4) is 0 Å². The standard InChI is InChI=1S/C46H62P2/c1-46(2)32-31-41-35(33-46)28-30-43(48(38-22-11-5-12-23-38)39-24-13-6-14-25-39)45(41)44-40-26-16-15-17-34(40)27-29-42(44)47(36-18-7-3-8-19-36)37-20-9-4-10-21-37/h15-17,26-32,36-39H,3-14,18-25,33H2,1-2H3. The summed E-state index contributed by atoms with van der Waals surface area (Å²) < 4.78 is 0.